The Morgan fingerprint density at radius 2 is 1.93 bits per heavy atom. The minimum atomic E-state index is -3.21. The molecule has 0 unspecified atom stereocenters. The zero-order valence-corrected chi connectivity index (χ0v) is 16.1. The number of pyridine rings is 1. The Bertz CT molecular complexity index is 879. The molecule has 1 saturated heterocycles. The third kappa shape index (κ3) is 4.84. The zero-order valence-electron chi connectivity index (χ0n) is 15.2. The van der Waals surface area contributed by atoms with Gasteiger partial charge in [-0.25, -0.2) is 8.42 Å². The number of hydrogen-bond donors (Lipinski definition) is 0. The summed E-state index contributed by atoms with van der Waals surface area (Å²) in [6.07, 6.45) is 3.44. The van der Waals surface area contributed by atoms with Gasteiger partial charge < -0.3 is 9.64 Å². The number of carbonyl (C=O) groups is 1. The largest absolute Gasteiger partial charge is 0.489 e. The molecule has 7 nitrogen and oxygen atoms in total. The third-order valence-corrected chi connectivity index (χ3v) is 6.37. The second-order valence-corrected chi connectivity index (χ2v) is 8.53. The van der Waals surface area contributed by atoms with Gasteiger partial charge in [-0.15, -0.1) is 0 Å². The first-order valence-electron chi connectivity index (χ1n) is 8.88. The molecule has 0 atom stereocenters. The van der Waals surface area contributed by atoms with Crippen molar-refractivity contribution >= 4 is 15.9 Å². The molecule has 1 aliphatic rings. The minimum Gasteiger partial charge on any atom is -0.489 e. The van der Waals surface area contributed by atoms with Crippen LogP contribution in [-0.2, 0) is 16.6 Å². The first-order valence-corrected chi connectivity index (χ1v) is 10.5. The van der Waals surface area contributed by atoms with E-state index in [4.69, 9.17) is 4.74 Å². The quantitative estimate of drug-likeness (QED) is 0.752. The molecule has 144 valence electrons. The van der Waals surface area contributed by atoms with Gasteiger partial charge in [-0.05, 0) is 31.2 Å². The van der Waals surface area contributed by atoms with E-state index in [1.807, 2.05) is 12.1 Å². The first kappa shape index (κ1) is 19.3. The summed E-state index contributed by atoms with van der Waals surface area (Å²) >= 11 is 0. The molecule has 1 aliphatic heterocycles. The summed E-state index contributed by atoms with van der Waals surface area (Å²) in [5, 5.41) is 0. The van der Waals surface area contributed by atoms with Gasteiger partial charge in [0.2, 0.25) is 10.0 Å². The molecule has 2 aromatic rings. The molecule has 8 heteroatoms. The van der Waals surface area contributed by atoms with Crippen LogP contribution in [0.3, 0.4) is 0 Å². The number of amides is 1. The van der Waals surface area contributed by atoms with E-state index in [0.717, 1.165) is 5.56 Å². The Balaban J connectivity index is 1.61. The van der Waals surface area contributed by atoms with Crippen molar-refractivity contribution < 1.29 is 17.9 Å². The molecule has 0 radical (unpaired) electrons. The highest BCUT2D eigenvalue weighted by molar-refractivity contribution is 7.89. The summed E-state index contributed by atoms with van der Waals surface area (Å²) in [7, 11) is -3.21. The fourth-order valence-corrected chi connectivity index (χ4v) is 3.99. The van der Waals surface area contributed by atoms with E-state index in [2.05, 4.69) is 4.98 Å². The molecule has 1 aromatic heterocycles. The number of benzene rings is 1. The Morgan fingerprint density at radius 1 is 1.15 bits per heavy atom. The molecular weight excluding hydrogens is 366 g/mol. The average molecular weight is 389 g/mol. The van der Waals surface area contributed by atoms with Crippen molar-refractivity contribution in [1.29, 1.82) is 0 Å². The molecule has 27 heavy (non-hydrogen) atoms. The van der Waals surface area contributed by atoms with Crippen molar-refractivity contribution in [3.8, 4) is 5.75 Å². The molecule has 0 N–H and O–H groups in total. The highest BCUT2D eigenvalue weighted by Gasteiger charge is 2.28. The normalized spacial score (nSPS) is 15.5. The van der Waals surface area contributed by atoms with Gasteiger partial charge in [-0.2, -0.15) is 4.31 Å². The lowest BCUT2D eigenvalue weighted by Crippen LogP contribution is -2.50. The Kier molecular flexibility index (Phi) is 6.08. The van der Waals surface area contributed by atoms with Gasteiger partial charge in [0, 0.05) is 49.7 Å². The maximum atomic E-state index is 12.7. The van der Waals surface area contributed by atoms with E-state index >= 15 is 0 Å². The fraction of sp³-hybridized carbons (Fsp3) is 0.368. The molecular formula is C19H23N3O4S. The number of hydrogen-bond acceptors (Lipinski definition) is 5. The van der Waals surface area contributed by atoms with E-state index < -0.39 is 10.0 Å². The number of ether oxygens (including phenoxy) is 1. The van der Waals surface area contributed by atoms with Crippen LogP contribution in [0.15, 0.2) is 48.8 Å². The number of piperazine rings is 1. The first-order chi connectivity index (χ1) is 13.0. The summed E-state index contributed by atoms with van der Waals surface area (Å²) in [5.41, 5.74) is 1.48. The monoisotopic (exact) mass is 389 g/mol. The summed E-state index contributed by atoms with van der Waals surface area (Å²) < 4.78 is 31.1. The second kappa shape index (κ2) is 8.49. The number of aromatic nitrogens is 1. The summed E-state index contributed by atoms with van der Waals surface area (Å²) in [5.74, 6) is 0.573. The van der Waals surface area contributed by atoms with Crippen molar-refractivity contribution in [2.24, 2.45) is 0 Å². The molecule has 1 amide bonds. The lowest BCUT2D eigenvalue weighted by atomic mass is 10.1. The summed E-state index contributed by atoms with van der Waals surface area (Å²) in [6.45, 7) is 3.44. The maximum absolute atomic E-state index is 12.7. The predicted octanol–water partition coefficient (Wildman–Crippen LogP) is 1.77. The highest BCUT2D eigenvalue weighted by Crippen LogP contribution is 2.18. The summed E-state index contributed by atoms with van der Waals surface area (Å²) in [6, 6.07) is 10.8. The minimum absolute atomic E-state index is 0.0806. The van der Waals surface area contributed by atoms with Gasteiger partial charge in [-0.3, -0.25) is 9.78 Å². The Hall–Kier alpha value is -2.45. The average Bonchev–Trinajstić information content (AvgIpc) is 2.73. The van der Waals surface area contributed by atoms with Crippen LogP contribution in [0.2, 0.25) is 0 Å². The van der Waals surface area contributed by atoms with Gasteiger partial charge >= 0.3 is 0 Å². The third-order valence-electron chi connectivity index (χ3n) is 4.49. The standard InChI is InChI=1S/C19H23N3O4S/c1-2-27(24,25)22-11-9-21(10-12-22)19(23)17-6-3-7-18(13-17)26-15-16-5-4-8-20-14-16/h3-8,13-14H,2,9-12,15H2,1H3. The highest BCUT2D eigenvalue weighted by atomic mass is 32.2. The van der Waals surface area contributed by atoms with Gasteiger partial charge in [0.05, 0.1) is 5.75 Å². The van der Waals surface area contributed by atoms with Crippen LogP contribution in [0, 0.1) is 0 Å². The molecule has 2 heterocycles. The van der Waals surface area contributed by atoms with Crippen LogP contribution in [0.1, 0.15) is 22.8 Å². The number of sulfonamides is 1. The maximum Gasteiger partial charge on any atom is 0.254 e. The lowest BCUT2D eigenvalue weighted by Gasteiger charge is -2.33. The van der Waals surface area contributed by atoms with Gasteiger partial charge in [-0.1, -0.05) is 12.1 Å². The van der Waals surface area contributed by atoms with Gasteiger partial charge in [0.15, 0.2) is 0 Å². The molecule has 0 aliphatic carbocycles. The van der Waals surface area contributed by atoms with Crippen molar-refractivity contribution in [1.82, 2.24) is 14.2 Å². The van der Waals surface area contributed by atoms with Crippen molar-refractivity contribution in [2.75, 3.05) is 31.9 Å². The van der Waals surface area contributed by atoms with Crippen LogP contribution < -0.4 is 4.74 Å². The topological polar surface area (TPSA) is 79.8 Å². The van der Waals surface area contributed by atoms with Crippen LogP contribution in [-0.4, -0.2) is 60.4 Å². The number of rotatable bonds is 6. The molecule has 0 saturated carbocycles. The van der Waals surface area contributed by atoms with E-state index in [-0.39, 0.29) is 11.7 Å². The molecule has 1 fully saturated rings. The number of carbonyl (C=O) groups excluding carboxylic acids is 1. The Labute approximate surface area is 159 Å². The molecule has 0 spiro atoms. The number of nitrogens with zero attached hydrogens (tertiary/aromatic N) is 3. The molecule has 1 aromatic carbocycles. The second-order valence-electron chi connectivity index (χ2n) is 6.27. The van der Waals surface area contributed by atoms with Crippen molar-refractivity contribution in [3.05, 3.63) is 59.9 Å². The van der Waals surface area contributed by atoms with Gasteiger partial charge in [0.25, 0.3) is 5.91 Å². The van der Waals surface area contributed by atoms with E-state index in [9.17, 15) is 13.2 Å². The van der Waals surface area contributed by atoms with Crippen LogP contribution in [0.25, 0.3) is 0 Å². The Morgan fingerprint density at radius 3 is 2.59 bits per heavy atom. The predicted molar refractivity (Wildman–Crippen MR) is 102 cm³/mol. The van der Waals surface area contributed by atoms with Crippen molar-refractivity contribution in [3.63, 3.8) is 0 Å². The van der Waals surface area contributed by atoms with Crippen LogP contribution >= 0.6 is 0 Å². The van der Waals surface area contributed by atoms with E-state index in [0.29, 0.717) is 44.1 Å². The van der Waals surface area contributed by atoms with E-state index in [1.54, 1.807) is 48.5 Å². The molecule has 0 bridgehead atoms. The van der Waals surface area contributed by atoms with Crippen molar-refractivity contribution in [2.45, 2.75) is 13.5 Å². The smallest absolute Gasteiger partial charge is 0.254 e. The summed E-state index contributed by atoms with van der Waals surface area (Å²) in [4.78, 5) is 18.5. The van der Waals surface area contributed by atoms with Gasteiger partial charge in [0.1, 0.15) is 12.4 Å². The van der Waals surface area contributed by atoms with Crippen LogP contribution in [0.5, 0.6) is 5.75 Å². The zero-order chi connectivity index (χ0) is 19.3. The SMILES string of the molecule is CCS(=O)(=O)N1CCN(C(=O)c2cccc(OCc3cccnc3)c2)CC1. The van der Waals surface area contributed by atoms with E-state index in [1.165, 1.54) is 4.31 Å². The fourth-order valence-electron chi connectivity index (χ4n) is 2.90. The lowest BCUT2D eigenvalue weighted by molar-refractivity contribution is 0.0697. The molecule has 3 rings (SSSR count). The van der Waals surface area contributed by atoms with Crippen LogP contribution in [0.4, 0.5) is 0 Å².